The van der Waals surface area contributed by atoms with Crippen LogP contribution in [0.3, 0.4) is 0 Å². The van der Waals surface area contributed by atoms with Gasteiger partial charge in [0, 0.05) is 6.92 Å². The summed E-state index contributed by atoms with van der Waals surface area (Å²) in [6.07, 6.45) is 6.52. The normalized spacial score (nSPS) is 29.1. The van der Waals surface area contributed by atoms with Gasteiger partial charge in [0.1, 0.15) is 0 Å². The molecule has 0 aliphatic heterocycles. The summed E-state index contributed by atoms with van der Waals surface area (Å²) in [7, 11) is 0. The molecular weight excluding hydrogens is 176 g/mol. The van der Waals surface area contributed by atoms with Crippen LogP contribution in [0.25, 0.3) is 0 Å². The highest BCUT2D eigenvalue weighted by Crippen LogP contribution is 2.49. The molecule has 0 aromatic carbocycles. The Morgan fingerprint density at radius 3 is 2.50 bits per heavy atom. The predicted octanol–water partition coefficient (Wildman–Crippen LogP) is 2.93. The minimum Gasteiger partial charge on any atom is -0.466 e. The quantitative estimate of drug-likeness (QED) is 0.512. The lowest BCUT2D eigenvalue weighted by Crippen LogP contribution is -2.31. The van der Waals surface area contributed by atoms with Gasteiger partial charge in [-0.15, -0.1) is 0 Å². The maximum Gasteiger partial charge on any atom is 0.302 e. The van der Waals surface area contributed by atoms with Crippen molar-refractivity contribution in [2.45, 2.75) is 40.5 Å². The third-order valence-corrected chi connectivity index (χ3v) is 3.59. The van der Waals surface area contributed by atoms with Crippen molar-refractivity contribution in [3.63, 3.8) is 0 Å². The van der Waals surface area contributed by atoms with Gasteiger partial charge in [-0.3, -0.25) is 4.79 Å². The smallest absolute Gasteiger partial charge is 0.302 e. The van der Waals surface area contributed by atoms with E-state index in [4.69, 9.17) is 4.74 Å². The van der Waals surface area contributed by atoms with Gasteiger partial charge >= 0.3 is 5.97 Å². The Labute approximate surface area is 86.3 Å². The summed E-state index contributed by atoms with van der Waals surface area (Å²) in [6, 6.07) is 0. The fourth-order valence-electron chi connectivity index (χ4n) is 1.90. The monoisotopic (exact) mass is 196 g/mol. The molecule has 0 N–H and O–H groups in total. The predicted molar refractivity (Wildman–Crippen MR) is 56.9 cm³/mol. The highest BCUT2D eigenvalue weighted by atomic mass is 16.5. The number of rotatable bonds is 3. The summed E-state index contributed by atoms with van der Waals surface area (Å²) in [5.41, 5.74) is 0.454. The molecule has 0 spiro atoms. The Hall–Kier alpha value is -0.790. The van der Waals surface area contributed by atoms with Crippen molar-refractivity contribution in [3.8, 4) is 0 Å². The van der Waals surface area contributed by atoms with E-state index in [9.17, 15) is 4.79 Å². The van der Waals surface area contributed by atoms with E-state index in [0.29, 0.717) is 6.61 Å². The van der Waals surface area contributed by atoms with Gasteiger partial charge in [0.15, 0.2) is 0 Å². The largest absolute Gasteiger partial charge is 0.466 e. The number of allylic oxidation sites excluding steroid dienone is 2. The molecule has 0 saturated heterocycles. The second-order valence-electron chi connectivity index (χ2n) is 5.00. The van der Waals surface area contributed by atoms with Crippen LogP contribution in [0.15, 0.2) is 12.2 Å². The fourth-order valence-corrected chi connectivity index (χ4v) is 1.90. The molecule has 1 atom stereocenters. The zero-order valence-corrected chi connectivity index (χ0v) is 9.59. The number of hydrogen-bond donors (Lipinski definition) is 0. The topological polar surface area (TPSA) is 26.3 Å². The maximum atomic E-state index is 10.6. The Kier molecular flexibility index (Phi) is 3.03. The third-order valence-electron chi connectivity index (χ3n) is 3.59. The molecule has 0 aromatic rings. The van der Waals surface area contributed by atoms with Crippen LogP contribution >= 0.6 is 0 Å². The zero-order valence-electron chi connectivity index (χ0n) is 9.59. The van der Waals surface area contributed by atoms with Crippen LogP contribution < -0.4 is 0 Å². The molecule has 0 aromatic heterocycles. The van der Waals surface area contributed by atoms with E-state index in [0.717, 1.165) is 12.8 Å². The molecule has 2 heteroatoms. The van der Waals surface area contributed by atoms with Crippen LogP contribution in [0.5, 0.6) is 0 Å². The molecule has 80 valence electrons. The lowest BCUT2D eigenvalue weighted by atomic mass is 9.67. The Bertz CT molecular complexity index is 253. The lowest BCUT2D eigenvalue weighted by molar-refractivity contribution is -0.141. The molecular formula is C12H20O2. The Morgan fingerprint density at radius 1 is 1.43 bits per heavy atom. The minimum atomic E-state index is -0.187. The van der Waals surface area contributed by atoms with Gasteiger partial charge in [0.2, 0.25) is 0 Å². The standard InChI is InChI=1S/C12H20O2/c1-10(13)14-9-8-12(4)7-5-6-11(12,2)3/h5,7H,6,8-9H2,1-4H3/t12-/m1/s1. The molecule has 0 radical (unpaired) electrons. The molecule has 0 unspecified atom stereocenters. The van der Waals surface area contributed by atoms with Crippen molar-refractivity contribution in [2.75, 3.05) is 6.61 Å². The van der Waals surface area contributed by atoms with E-state index in [2.05, 4.69) is 32.9 Å². The van der Waals surface area contributed by atoms with Gasteiger partial charge in [-0.1, -0.05) is 32.9 Å². The van der Waals surface area contributed by atoms with E-state index in [-0.39, 0.29) is 16.8 Å². The first-order valence-electron chi connectivity index (χ1n) is 5.18. The van der Waals surface area contributed by atoms with Gasteiger partial charge in [-0.2, -0.15) is 0 Å². The number of hydrogen-bond acceptors (Lipinski definition) is 2. The summed E-state index contributed by atoms with van der Waals surface area (Å²) < 4.78 is 4.99. The Morgan fingerprint density at radius 2 is 2.07 bits per heavy atom. The summed E-state index contributed by atoms with van der Waals surface area (Å²) >= 11 is 0. The zero-order chi connectivity index (χ0) is 10.8. The molecule has 1 rings (SSSR count). The van der Waals surface area contributed by atoms with E-state index >= 15 is 0 Å². The molecule has 0 fully saturated rings. The van der Waals surface area contributed by atoms with Crippen LogP contribution in [0, 0.1) is 10.8 Å². The van der Waals surface area contributed by atoms with Crippen molar-refractivity contribution in [1.82, 2.24) is 0 Å². The van der Waals surface area contributed by atoms with Crippen molar-refractivity contribution in [3.05, 3.63) is 12.2 Å². The van der Waals surface area contributed by atoms with Crippen molar-refractivity contribution in [1.29, 1.82) is 0 Å². The number of ether oxygens (including phenoxy) is 1. The van der Waals surface area contributed by atoms with E-state index in [1.165, 1.54) is 6.92 Å². The van der Waals surface area contributed by atoms with E-state index < -0.39 is 0 Å². The fraction of sp³-hybridized carbons (Fsp3) is 0.750. The second kappa shape index (κ2) is 3.76. The average molecular weight is 196 g/mol. The molecule has 0 bridgehead atoms. The highest BCUT2D eigenvalue weighted by molar-refractivity contribution is 5.65. The van der Waals surface area contributed by atoms with Crippen LogP contribution in [0.1, 0.15) is 40.5 Å². The van der Waals surface area contributed by atoms with Gasteiger partial charge in [-0.05, 0) is 23.7 Å². The van der Waals surface area contributed by atoms with Crippen molar-refractivity contribution >= 4 is 5.97 Å². The first-order chi connectivity index (χ1) is 6.37. The van der Waals surface area contributed by atoms with E-state index in [1.54, 1.807) is 0 Å². The molecule has 0 amide bonds. The number of carbonyl (C=O) groups is 1. The van der Waals surface area contributed by atoms with E-state index in [1.807, 2.05) is 0 Å². The minimum absolute atomic E-state index is 0.169. The number of esters is 1. The maximum absolute atomic E-state index is 10.6. The first-order valence-corrected chi connectivity index (χ1v) is 5.18. The van der Waals surface area contributed by atoms with Gasteiger partial charge in [-0.25, -0.2) is 0 Å². The van der Waals surface area contributed by atoms with Crippen molar-refractivity contribution < 1.29 is 9.53 Å². The molecule has 0 heterocycles. The molecule has 1 aliphatic rings. The molecule has 0 saturated carbocycles. The molecule has 2 nitrogen and oxygen atoms in total. The average Bonchev–Trinajstić information content (AvgIpc) is 2.26. The van der Waals surface area contributed by atoms with Crippen LogP contribution in [0.2, 0.25) is 0 Å². The number of carbonyl (C=O) groups excluding carboxylic acids is 1. The lowest BCUT2D eigenvalue weighted by Gasteiger charge is -2.37. The molecule has 1 aliphatic carbocycles. The third kappa shape index (κ3) is 2.17. The SMILES string of the molecule is CC(=O)OCC[C@@]1(C)C=CCC1(C)C. The van der Waals surface area contributed by atoms with Crippen LogP contribution in [0.4, 0.5) is 0 Å². The summed E-state index contributed by atoms with van der Waals surface area (Å²) in [6.45, 7) is 8.75. The van der Waals surface area contributed by atoms with Crippen LogP contribution in [-0.2, 0) is 9.53 Å². The van der Waals surface area contributed by atoms with Gasteiger partial charge < -0.3 is 4.74 Å². The highest BCUT2D eigenvalue weighted by Gasteiger charge is 2.41. The summed E-state index contributed by atoms with van der Waals surface area (Å²) in [5.74, 6) is -0.187. The summed E-state index contributed by atoms with van der Waals surface area (Å²) in [4.78, 5) is 10.6. The van der Waals surface area contributed by atoms with Gasteiger partial charge in [0.25, 0.3) is 0 Å². The Balaban J connectivity index is 2.50. The van der Waals surface area contributed by atoms with Crippen LogP contribution in [-0.4, -0.2) is 12.6 Å². The first kappa shape index (κ1) is 11.3. The van der Waals surface area contributed by atoms with Gasteiger partial charge in [0.05, 0.1) is 6.61 Å². The molecule has 14 heavy (non-hydrogen) atoms. The van der Waals surface area contributed by atoms with Crippen molar-refractivity contribution in [2.24, 2.45) is 10.8 Å². The second-order valence-corrected chi connectivity index (χ2v) is 5.00. The summed E-state index contributed by atoms with van der Waals surface area (Å²) in [5, 5.41) is 0.